The molecule has 0 atom stereocenters. The van der Waals surface area contributed by atoms with Gasteiger partial charge in [-0.25, -0.2) is 17.9 Å². The third kappa shape index (κ3) is 4.46. The molecule has 0 aliphatic carbocycles. The second-order valence-corrected chi connectivity index (χ2v) is 8.28. The van der Waals surface area contributed by atoms with E-state index in [-0.39, 0.29) is 10.7 Å². The van der Waals surface area contributed by atoms with E-state index in [4.69, 9.17) is 5.14 Å². The molecule has 3 aromatic rings. The van der Waals surface area contributed by atoms with Gasteiger partial charge in [0.1, 0.15) is 5.82 Å². The smallest absolute Gasteiger partial charge is 0.238 e. The predicted molar refractivity (Wildman–Crippen MR) is 99.6 cm³/mol. The van der Waals surface area contributed by atoms with Crippen LogP contribution in [0.5, 0.6) is 0 Å². The van der Waals surface area contributed by atoms with E-state index in [1.165, 1.54) is 35.6 Å². The van der Waals surface area contributed by atoms with Gasteiger partial charge in [0.15, 0.2) is 4.80 Å². The van der Waals surface area contributed by atoms with Crippen molar-refractivity contribution in [2.24, 2.45) is 10.1 Å². The van der Waals surface area contributed by atoms with Gasteiger partial charge < -0.3 is 4.57 Å². The number of halogens is 1. The molecule has 0 saturated heterocycles. The Labute approximate surface area is 155 Å². The number of thiazole rings is 1. The van der Waals surface area contributed by atoms with E-state index >= 15 is 0 Å². The molecule has 8 heteroatoms. The molecule has 0 saturated carbocycles. The number of aryl methyl sites for hydroxylation is 1. The normalized spacial score (nSPS) is 12.5. The summed E-state index contributed by atoms with van der Waals surface area (Å²) in [4.78, 5) is 5.56. The van der Waals surface area contributed by atoms with E-state index in [1.54, 1.807) is 24.3 Å². The zero-order valence-corrected chi connectivity index (χ0v) is 15.7. The summed E-state index contributed by atoms with van der Waals surface area (Å²) in [7, 11) is -3.69. The standard InChI is InChI=1S/C18H18FN3O2S2/c1-13-12-25-18(22(13)11-15-2-6-16(19)7-3-15)21-10-14-4-8-17(9-5-14)26(20,23)24/h2-9,12H,10-11H2,1H3,(H2,20,23,24). The molecule has 5 nitrogen and oxygen atoms in total. The van der Waals surface area contributed by atoms with Crippen LogP contribution in [0.2, 0.25) is 0 Å². The summed E-state index contributed by atoms with van der Waals surface area (Å²) in [6, 6.07) is 12.8. The summed E-state index contributed by atoms with van der Waals surface area (Å²) in [5, 5.41) is 7.12. The zero-order chi connectivity index (χ0) is 18.7. The van der Waals surface area contributed by atoms with Crippen LogP contribution < -0.4 is 9.94 Å². The van der Waals surface area contributed by atoms with E-state index in [2.05, 4.69) is 9.56 Å². The summed E-state index contributed by atoms with van der Waals surface area (Å²) in [5.74, 6) is -0.256. The minimum absolute atomic E-state index is 0.0830. The fraction of sp³-hybridized carbons (Fsp3) is 0.167. The molecule has 2 aromatic carbocycles. The van der Waals surface area contributed by atoms with Crippen molar-refractivity contribution in [3.8, 4) is 0 Å². The number of hydrogen-bond acceptors (Lipinski definition) is 4. The number of nitrogens with zero attached hydrogens (tertiary/aromatic N) is 2. The Morgan fingerprint density at radius 3 is 2.31 bits per heavy atom. The van der Waals surface area contributed by atoms with Crippen LogP contribution >= 0.6 is 11.3 Å². The van der Waals surface area contributed by atoms with Crippen LogP contribution in [0.15, 0.2) is 63.8 Å². The molecule has 1 heterocycles. The fourth-order valence-electron chi connectivity index (χ4n) is 2.45. The third-order valence-electron chi connectivity index (χ3n) is 3.89. The van der Waals surface area contributed by atoms with Crippen LogP contribution in [0.25, 0.3) is 0 Å². The van der Waals surface area contributed by atoms with Crippen LogP contribution in [0.3, 0.4) is 0 Å². The van der Waals surface area contributed by atoms with E-state index in [1.807, 2.05) is 12.3 Å². The maximum atomic E-state index is 13.1. The molecular formula is C18H18FN3O2S2. The predicted octanol–water partition coefficient (Wildman–Crippen LogP) is 2.79. The Morgan fingerprint density at radius 2 is 1.69 bits per heavy atom. The first-order valence-electron chi connectivity index (χ1n) is 7.84. The van der Waals surface area contributed by atoms with Crippen LogP contribution in [-0.2, 0) is 23.1 Å². The second kappa shape index (κ2) is 7.53. The van der Waals surface area contributed by atoms with Gasteiger partial charge in [0.25, 0.3) is 0 Å². The van der Waals surface area contributed by atoms with Gasteiger partial charge in [-0.15, -0.1) is 11.3 Å². The number of benzene rings is 2. The van der Waals surface area contributed by atoms with Gasteiger partial charge in [-0.1, -0.05) is 24.3 Å². The largest absolute Gasteiger partial charge is 0.317 e. The van der Waals surface area contributed by atoms with Gasteiger partial charge in [-0.2, -0.15) is 0 Å². The molecule has 3 rings (SSSR count). The molecule has 0 unspecified atom stereocenters. The Hall–Kier alpha value is -2.29. The molecule has 136 valence electrons. The molecule has 0 amide bonds. The second-order valence-electron chi connectivity index (χ2n) is 5.88. The summed E-state index contributed by atoms with van der Waals surface area (Å²) >= 11 is 1.53. The van der Waals surface area contributed by atoms with Gasteiger partial charge in [0.05, 0.1) is 18.0 Å². The minimum atomic E-state index is -3.69. The molecule has 0 fully saturated rings. The number of aromatic nitrogens is 1. The average molecular weight is 391 g/mol. The highest BCUT2D eigenvalue weighted by Gasteiger charge is 2.07. The van der Waals surface area contributed by atoms with Crippen molar-refractivity contribution in [1.29, 1.82) is 0 Å². The van der Waals surface area contributed by atoms with Gasteiger partial charge in [-0.3, -0.25) is 4.99 Å². The summed E-state index contributed by atoms with van der Waals surface area (Å²) in [6.07, 6.45) is 0. The van der Waals surface area contributed by atoms with Crippen molar-refractivity contribution < 1.29 is 12.8 Å². The topological polar surface area (TPSA) is 77.4 Å². The number of sulfonamides is 1. The fourth-order valence-corrected chi connectivity index (χ4v) is 3.84. The number of hydrogen-bond donors (Lipinski definition) is 1. The molecule has 2 N–H and O–H groups in total. The lowest BCUT2D eigenvalue weighted by molar-refractivity contribution is 0.597. The van der Waals surface area contributed by atoms with E-state index in [0.29, 0.717) is 13.1 Å². The van der Waals surface area contributed by atoms with Crippen LogP contribution in [0, 0.1) is 12.7 Å². The van der Waals surface area contributed by atoms with Crippen molar-refractivity contribution in [2.75, 3.05) is 0 Å². The number of primary sulfonamides is 1. The van der Waals surface area contributed by atoms with E-state index < -0.39 is 10.0 Å². The summed E-state index contributed by atoms with van der Waals surface area (Å²) < 4.78 is 37.7. The quantitative estimate of drug-likeness (QED) is 0.726. The van der Waals surface area contributed by atoms with Crippen molar-refractivity contribution >= 4 is 21.4 Å². The molecular weight excluding hydrogens is 373 g/mol. The molecule has 0 radical (unpaired) electrons. The van der Waals surface area contributed by atoms with Gasteiger partial charge in [0.2, 0.25) is 10.0 Å². The monoisotopic (exact) mass is 391 g/mol. The highest BCUT2D eigenvalue weighted by molar-refractivity contribution is 7.89. The molecule has 0 aliphatic rings. The molecule has 0 aliphatic heterocycles. The van der Waals surface area contributed by atoms with Crippen molar-refractivity contribution in [3.05, 3.63) is 81.4 Å². The van der Waals surface area contributed by atoms with Crippen molar-refractivity contribution in [3.63, 3.8) is 0 Å². The molecule has 26 heavy (non-hydrogen) atoms. The Balaban J connectivity index is 1.82. The zero-order valence-electron chi connectivity index (χ0n) is 14.1. The maximum absolute atomic E-state index is 13.1. The average Bonchev–Trinajstić information content (AvgIpc) is 2.95. The Bertz CT molecular complexity index is 1070. The summed E-state index contributed by atoms with van der Waals surface area (Å²) in [5.41, 5.74) is 2.95. The maximum Gasteiger partial charge on any atom is 0.238 e. The van der Waals surface area contributed by atoms with Crippen LogP contribution in [0.4, 0.5) is 4.39 Å². The number of nitrogens with two attached hydrogens (primary N) is 1. The highest BCUT2D eigenvalue weighted by Crippen LogP contribution is 2.11. The number of rotatable bonds is 5. The van der Waals surface area contributed by atoms with Crippen LogP contribution in [-0.4, -0.2) is 13.0 Å². The van der Waals surface area contributed by atoms with Crippen molar-refractivity contribution in [2.45, 2.75) is 24.9 Å². The molecule has 1 aromatic heterocycles. The van der Waals surface area contributed by atoms with Gasteiger partial charge in [0, 0.05) is 11.1 Å². The minimum Gasteiger partial charge on any atom is -0.317 e. The lowest BCUT2D eigenvalue weighted by atomic mass is 10.2. The van der Waals surface area contributed by atoms with Gasteiger partial charge >= 0.3 is 0 Å². The van der Waals surface area contributed by atoms with E-state index in [9.17, 15) is 12.8 Å². The first kappa shape index (κ1) is 18.5. The highest BCUT2D eigenvalue weighted by atomic mass is 32.2. The first-order chi connectivity index (χ1) is 12.3. The Kier molecular flexibility index (Phi) is 5.36. The first-order valence-corrected chi connectivity index (χ1v) is 10.3. The van der Waals surface area contributed by atoms with Crippen molar-refractivity contribution in [1.82, 2.24) is 4.57 Å². The summed E-state index contributed by atoms with van der Waals surface area (Å²) in [6.45, 7) is 3.03. The lowest BCUT2D eigenvalue weighted by Gasteiger charge is -2.06. The van der Waals surface area contributed by atoms with Gasteiger partial charge in [-0.05, 0) is 42.3 Å². The van der Waals surface area contributed by atoms with E-state index in [0.717, 1.165) is 21.6 Å². The SMILES string of the molecule is Cc1csc(=NCc2ccc(S(N)(=O)=O)cc2)n1Cc1ccc(F)cc1. The third-order valence-corrected chi connectivity index (χ3v) is 5.84. The molecule has 0 spiro atoms. The lowest BCUT2D eigenvalue weighted by Crippen LogP contribution is -2.17. The Morgan fingerprint density at radius 1 is 1.08 bits per heavy atom. The molecule has 0 bridgehead atoms. The van der Waals surface area contributed by atoms with Crippen LogP contribution in [0.1, 0.15) is 16.8 Å².